The maximum atomic E-state index is 13.0. The fourth-order valence-corrected chi connectivity index (χ4v) is 4.96. The van der Waals surface area contributed by atoms with Crippen molar-refractivity contribution in [1.29, 1.82) is 0 Å². The van der Waals surface area contributed by atoms with E-state index >= 15 is 0 Å². The summed E-state index contributed by atoms with van der Waals surface area (Å²) in [6.07, 6.45) is 4.87. The molecule has 2 aromatic rings. The highest BCUT2D eigenvalue weighted by molar-refractivity contribution is 7.10. The Morgan fingerprint density at radius 3 is 2.54 bits per heavy atom. The topological polar surface area (TPSA) is 87.8 Å². The third kappa shape index (κ3) is 3.80. The number of primary amides is 1. The molecule has 0 unspecified atom stereocenters. The second-order valence-corrected chi connectivity index (χ2v) is 8.34. The van der Waals surface area contributed by atoms with Gasteiger partial charge in [-0.2, -0.15) is 5.10 Å². The van der Waals surface area contributed by atoms with Crippen LogP contribution in [0.15, 0.2) is 52.9 Å². The van der Waals surface area contributed by atoms with Gasteiger partial charge in [-0.3, -0.25) is 14.6 Å². The van der Waals surface area contributed by atoms with Crippen LogP contribution in [-0.2, 0) is 9.59 Å². The fraction of sp³-hybridized carbons (Fsp3) is 0.381. The van der Waals surface area contributed by atoms with E-state index in [4.69, 9.17) is 5.73 Å². The Morgan fingerprint density at radius 2 is 1.89 bits per heavy atom. The summed E-state index contributed by atoms with van der Waals surface area (Å²) in [5, 5.41) is 11.3. The molecule has 1 aliphatic carbocycles. The molecule has 146 valence electrons. The highest BCUT2D eigenvalue weighted by atomic mass is 32.1. The summed E-state index contributed by atoms with van der Waals surface area (Å²) < 4.78 is 0. The molecule has 3 N–H and O–H groups in total. The Balaban J connectivity index is 1.55. The molecule has 2 aliphatic rings. The van der Waals surface area contributed by atoms with Crippen molar-refractivity contribution in [3.8, 4) is 0 Å². The Kier molecular flexibility index (Phi) is 5.43. The van der Waals surface area contributed by atoms with Gasteiger partial charge >= 0.3 is 0 Å². The molecule has 1 fully saturated rings. The zero-order valence-electron chi connectivity index (χ0n) is 15.6. The van der Waals surface area contributed by atoms with E-state index in [0.717, 1.165) is 18.5 Å². The maximum absolute atomic E-state index is 13.0. The predicted octanol–water partition coefficient (Wildman–Crippen LogP) is 3.22. The van der Waals surface area contributed by atoms with Crippen molar-refractivity contribution in [1.82, 2.24) is 5.32 Å². The van der Waals surface area contributed by atoms with Crippen LogP contribution in [0.25, 0.3) is 0 Å². The zero-order valence-corrected chi connectivity index (χ0v) is 16.4. The Labute approximate surface area is 168 Å². The van der Waals surface area contributed by atoms with E-state index in [1.807, 2.05) is 41.8 Å². The van der Waals surface area contributed by atoms with E-state index in [1.165, 1.54) is 17.7 Å². The first-order valence-electron chi connectivity index (χ1n) is 9.69. The SMILES string of the molecule is NC(=O)[C@@H]1CC(C(=O)N[C@@H](c2cccs2)C2CCCC2)=NN1c1ccccc1. The number of rotatable bonds is 6. The molecule has 0 bridgehead atoms. The Morgan fingerprint density at radius 1 is 1.14 bits per heavy atom. The van der Waals surface area contributed by atoms with Gasteiger partial charge < -0.3 is 11.1 Å². The number of benzene rings is 1. The van der Waals surface area contributed by atoms with Crippen molar-refractivity contribution < 1.29 is 9.59 Å². The average molecular weight is 397 g/mol. The summed E-state index contributed by atoms with van der Waals surface area (Å²) in [7, 11) is 0. The molecular weight excluding hydrogens is 372 g/mol. The molecule has 0 radical (unpaired) electrons. The number of hydrogen-bond acceptors (Lipinski definition) is 5. The smallest absolute Gasteiger partial charge is 0.268 e. The van der Waals surface area contributed by atoms with Crippen LogP contribution in [0.3, 0.4) is 0 Å². The van der Waals surface area contributed by atoms with Gasteiger partial charge in [0.25, 0.3) is 5.91 Å². The standard InChI is InChI=1S/C21H24N4O2S/c22-20(26)17-13-16(24-25(17)15-9-2-1-3-10-15)21(27)23-19(14-7-4-5-8-14)18-11-6-12-28-18/h1-3,6,9-12,14,17,19H,4-5,7-8,13H2,(H2,22,26)(H,23,27)/t17-,19+/m0/s1. The van der Waals surface area contributed by atoms with Crippen LogP contribution in [-0.4, -0.2) is 23.6 Å². The van der Waals surface area contributed by atoms with Crippen LogP contribution in [0.1, 0.15) is 43.0 Å². The molecule has 4 rings (SSSR count). The molecule has 1 aromatic heterocycles. The number of amides is 2. The number of carbonyl (C=O) groups is 2. The lowest BCUT2D eigenvalue weighted by atomic mass is 9.96. The minimum atomic E-state index is -0.644. The van der Waals surface area contributed by atoms with Gasteiger partial charge in [-0.25, -0.2) is 0 Å². The Hall–Kier alpha value is -2.67. The van der Waals surface area contributed by atoms with Crippen molar-refractivity contribution in [2.75, 3.05) is 5.01 Å². The first-order valence-corrected chi connectivity index (χ1v) is 10.6. The van der Waals surface area contributed by atoms with E-state index in [1.54, 1.807) is 16.3 Å². The molecule has 1 aliphatic heterocycles. The summed E-state index contributed by atoms with van der Waals surface area (Å²) in [5.41, 5.74) is 6.69. The summed E-state index contributed by atoms with van der Waals surface area (Å²) in [6.45, 7) is 0. The molecule has 1 aromatic carbocycles. The van der Waals surface area contributed by atoms with Gasteiger partial charge in [0.2, 0.25) is 5.91 Å². The minimum absolute atomic E-state index is 0.00416. The van der Waals surface area contributed by atoms with Gasteiger partial charge in [0, 0.05) is 11.3 Å². The largest absolute Gasteiger partial charge is 0.368 e. The van der Waals surface area contributed by atoms with Crippen LogP contribution in [0, 0.1) is 5.92 Å². The van der Waals surface area contributed by atoms with Gasteiger partial charge in [-0.15, -0.1) is 11.3 Å². The lowest BCUT2D eigenvalue weighted by Crippen LogP contribution is -2.40. The van der Waals surface area contributed by atoms with Crippen molar-refractivity contribution in [3.05, 3.63) is 52.7 Å². The van der Waals surface area contributed by atoms with Crippen LogP contribution in [0.5, 0.6) is 0 Å². The second kappa shape index (κ2) is 8.14. The number of hydrazone groups is 1. The first-order chi connectivity index (χ1) is 13.6. The first kappa shape index (κ1) is 18.7. The molecule has 2 heterocycles. The minimum Gasteiger partial charge on any atom is -0.368 e. The molecular formula is C21H24N4O2S. The van der Waals surface area contributed by atoms with E-state index in [2.05, 4.69) is 16.5 Å². The molecule has 6 nitrogen and oxygen atoms in total. The molecule has 2 amide bonds. The van der Waals surface area contributed by atoms with Crippen molar-refractivity contribution >= 4 is 34.6 Å². The second-order valence-electron chi connectivity index (χ2n) is 7.36. The van der Waals surface area contributed by atoms with E-state index in [-0.39, 0.29) is 18.4 Å². The number of hydrogen-bond donors (Lipinski definition) is 2. The van der Waals surface area contributed by atoms with Crippen LogP contribution in [0.4, 0.5) is 5.69 Å². The van der Waals surface area contributed by atoms with Gasteiger partial charge in [0.05, 0.1) is 11.7 Å². The normalized spacial score (nSPS) is 20.8. The van der Waals surface area contributed by atoms with Gasteiger partial charge in [0.15, 0.2) is 0 Å². The third-order valence-electron chi connectivity index (χ3n) is 5.53. The summed E-state index contributed by atoms with van der Waals surface area (Å²) in [4.78, 5) is 26.2. The number of para-hydroxylation sites is 1. The quantitative estimate of drug-likeness (QED) is 0.786. The summed E-state index contributed by atoms with van der Waals surface area (Å²) in [6, 6.07) is 12.8. The summed E-state index contributed by atoms with van der Waals surface area (Å²) >= 11 is 1.67. The average Bonchev–Trinajstić information content (AvgIpc) is 3.48. The molecule has 1 saturated carbocycles. The molecule has 0 spiro atoms. The molecule has 2 atom stereocenters. The number of nitrogens with one attached hydrogen (secondary N) is 1. The maximum Gasteiger partial charge on any atom is 0.268 e. The molecule has 7 heteroatoms. The fourth-order valence-electron chi connectivity index (χ4n) is 4.09. The third-order valence-corrected chi connectivity index (χ3v) is 6.48. The van der Waals surface area contributed by atoms with Crippen molar-refractivity contribution in [3.63, 3.8) is 0 Å². The lowest BCUT2D eigenvalue weighted by Gasteiger charge is -2.23. The highest BCUT2D eigenvalue weighted by Crippen LogP contribution is 2.37. The number of anilines is 1. The highest BCUT2D eigenvalue weighted by Gasteiger charge is 2.36. The van der Waals surface area contributed by atoms with Crippen molar-refractivity contribution in [2.45, 2.75) is 44.2 Å². The zero-order chi connectivity index (χ0) is 19.5. The van der Waals surface area contributed by atoms with Gasteiger partial charge in [0.1, 0.15) is 11.8 Å². The number of nitrogens with two attached hydrogens (primary N) is 1. The van der Waals surface area contributed by atoms with Crippen LogP contribution < -0.4 is 16.1 Å². The lowest BCUT2D eigenvalue weighted by molar-refractivity contribution is -0.119. The number of carbonyl (C=O) groups excluding carboxylic acids is 2. The van der Waals surface area contributed by atoms with Gasteiger partial charge in [-0.1, -0.05) is 37.1 Å². The van der Waals surface area contributed by atoms with E-state index < -0.39 is 11.9 Å². The van der Waals surface area contributed by atoms with E-state index in [0.29, 0.717) is 11.6 Å². The Bertz CT molecular complexity index is 860. The molecule has 28 heavy (non-hydrogen) atoms. The monoisotopic (exact) mass is 396 g/mol. The van der Waals surface area contributed by atoms with E-state index in [9.17, 15) is 9.59 Å². The van der Waals surface area contributed by atoms with Gasteiger partial charge in [-0.05, 0) is 42.3 Å². The molecule has 0 saturated heterocycles. The summed E-state index contributed by atoms with van der Waals surface area (Å²) in [5.74, 6) is -0.252. The number of thiophene rings is 1. The predicted molar refractivity (Wildman–Crippen MR) is 111 cm³/mol. The van der Waals surface area contributed by atoms with Crippen LogP contribution in [0.2, 0.25) is 0 Å². The van der Waals surface area contributed by atoms with Crippen molar-refractivity contribution in [2.24, 2.45) is 16.8 Å². The number of nitrogens with zero attached hydrogens (tertiary/aromatic N) is 2. The van der Waals surface area contributed by atoms with Crippen LogP contribution >= 0.6 is 11.3 Å².